The van der Waals surface area contributed by atoms with Gasteiger partial charge in [-0.25, -0.2) is 5.43 Å². The summed E-state index contributed by atoms with van der Waals surface area (Å²) in [5, 5.41) is 4.44. The summed E-state index contributed by atoms with van der Waals surface area (Å²) in [6.07, 6.45) is 1.29. The lowest BCUT2D eigenvalue weighted by Gasteiger charge is -2.09. The van der Waals surface area contributed by atoms with Crippen molar-refractivity contribution < 1.29 is 17.4 Å². The Hall–Kier alpha value is -2.87. The Morgan fingerprint density at radius 2 is 1.70 bits per heavy atom. The third kappa shape index (κ3) is 5.38. The summed E-state index contributed by atoms with van der Waals surface area (Å²) in [6.45, 7) is 1.86. The van der Waals surface area contributed by atoms with E-state index in [4.69, 9.17) is 27.4 Å². The number of hydrazone groups is 1. The molecule has 0 spiro atoms. The van der Waals surface area contributed by atoms with E-state index in [-0.39, 0.29) is 21.2 Å². The van der Waals surface area contributed by atoms with Crippen LogP contribution in [0.25, 0.3) is 0 Å². The van der Waals surface area contributed by atoms with E-state index in [1.165, 1.54) is 42.6 Å². The second-order valence-electron chi connectivity index (χ2n) is 6.22. The van der Waals surface area contributed by atoms with Crippen LogP contribution in [0.4, 0.5) is 0 Å². The Morgan fingerprint density at radius 3 is 2.40 bits per heavy atom. The smallest absolute Gasteiger partial charge is 0.339 e. The van der Waals surface area contributed by atoms with Gasteiger partial charge in [0.15, 0.2) is 5.75 Å². The quantitative estimate of drug-likeness (QED) is 0.322. The average Bonchev–Trinajstić information content (AvgIpc) is 2.71. The zero-order valence-corrected chi connectivity index (χ0v) is 18.0. The molecule has 154 valence electrons. The first kappa shape index (κ1) is 21.8. The number of rotatable bonds is 6. The molecule has 0 heterocycles. The molecule has 3 aromatic carbocycles. The van der Waals surface area contributed by atoms with E-state index in [0.29, 0.717) is 10.6 Å². The van der Waals surface area contributed by atoms with E-state index >= 15 is 0 Å². The van der Waals surface area contributed by atoms with Crippen molar-refractivity contribution in [3.8, 4) is 5.75 Å². The Bertz CT molecular complexity index is 1210. The molecule has 0 unspecified atom stereocenters. The summed E-state index contributed by atoms with van der Waals surface area (Å²) in [6, 6.07) is 17.1. The normalized spacial score (nSPS) is 11.4. The molecule has 0 atom stereocenters. The molecular formula is C21H16Cl2N2O4S. The van der Waals surface area contributed by atoms with Gasteiger partial charge in [-0.15, -0.1) is 0 Å². The number of carbonyl (C=O) groups is 1. The predicted octanol–water partition coefficient (Wildman–Crippen LogP) is 4.83. The topological polar surface area (TPSA) is 84.8 Å². The molecule has 6 nitrogen and oxygen atoms in total. The lowest BCUT2D eigenvalue weighted by Crippen LogP contribution is -2.17. The van der Waals surface area contributed by atoms with Crippen LogP contribution in [0.3, 0.4) is 0 Å². The number of aryl methyl sites for hydroxylation is 1. The number of nitrogens with one attached hydrogen (secondary N) is 1. The summed E-state index contributed by atoms with van der Waals surface area (Å²) in [5.41, 5.74) is 3.91. The van der Waals surface area contributed by atoms with Gasteiger partial charge in [-0.3, -0.25) is 4.79 Å². The van der Waals surface area contributed by atoms with E-state index < -0.39 is 16.0 Å². The van der Waals surface area contributed by atoms with Crippen LogP contribution in [-0.2, 0) is 10.1 Å². The van der Waals surface area contributed by atoms with Crippen LogP contribution in [0.1, 0.15) is 21.5 Å². The van der Waals surface area contributed by atoms with Gasteiger partial charge in [0.2, 0.25) is 0 Å². The maximum Gasteiger partial charge on any atom is 0.339 e. The molecular weight excluding hydrogens is 447 g/mol. The van der Waals surface area contributed by atoms with Crippen molar-refractivity contribution in [2.24, 2.45) is 5.10 Å². The summed E-state index contributed by atoms with van der Waals surface area (Å²) in [5.74, 6) is -0.430. The standard InChI is InChI=1S/C21H16Cl2N2O4S/c1-14-6-9-17(10-7-14)30(27,28)29-20-5-3-2-4-16(20)13-24-25-21(26)15-8-11-18(22)19(23)12-15/h2-13H,1H3,(H,25,26)/b24-13-. The highest BCUT2D eigenvalue weighted by atomic mass is 35.5. The Kier molecular flexibility index (Phi) is 6.77. The van der Waals surface area contributed by atoms with Crippen LogP contribution in [0.15, 0.2) is 76.7 Å². The van der Waals surface area contributed by atoms with Crippen molar-refractivity contribution in [3.63, 3.8) is 0 Å². The van der Waals surface area contributed by atoms with Crippen LogP contribution in [0.5, 0.6) is 5.75 Å². The molecule has 1 N–H and O–H groups in total. The summed E-state index contributed by atoms with van der Waals surface area (Å²) < 4.78 is 30.3. The highest BCUT2D eigenvalue weighted by Crippen LogP contribution is 2.23. The van der Waals surface area contributed by atoms with E-state index in [1.54, 1.807) is 30.3 Å². The molecule has 0 aliphatic heterocycles. The van der Waals surface area contributed by atoms with Crippen LogP contribution in [0.2, 0.25) is 10.0 Å². The second-order valence-corrected chi connectivity index (χ2v) is 8.58. The van der Waals surface area contributed by atoms with Crippen LogP contribution < -0.4 is 9.61 Å². The Labute approximate surface area is 184 Å². The Morgan fingerprint density at radius 1 is 1.00 bits per heavy atom. The minimum absolute atomic E-state index is 0.0350. The number of amides is 1. The lowest BCUT2D eigenvalue weighted by molar-refractivity contribution is 0.0955. The molecule has 30 heavy (non-hydrogen) atoms. The van der Waals surface area contributed by atoms with Crippen molar-refractivity contribution in [3.05, 3.63) is 93.5 Å². The van der Waals surface area contributed by atoms with Crippen LogP contribution in [0, 0.1) is 6.92 Å². The minimum atomic E-state index is -4.02. The van der Waals surface area contributed by atoms with Crippen LogP contribution in [-0.4, -0.2) is 20.5 Å². The first-order valence-electron chi connectivity index (χ1n) is 8.65. The van der Waals surface area contributed by atoms with Gasteiger partial charge in [-0.1, -0.05) is 53.0 Å². The van der Waals surface area contributed by atoms with Gasteiger partial charge in [0.1, 0.15) is 4.90 Å². The van der Waals surface area contributed by atoms with E-state index in [1.807, 2.05) is 6.92 Å². The molecule has 0 aromatic heterocycles. The van der Waals surface area contributed by atoms with Crippen molar-refractivity contribution in [1.29, 1.82) is 0 Å². The molecule has 0 radical (unpaired) electrons. The van der Waals surface area contributed by atoms with Crippen molar-refractivity contribution in [1.82, 2.24) is 5.43 Å². The number of hydrogen-bond acceptors (Lipinski definition) is 5. The van der Waals surface area contributed by atoms with Gasteiger partial charge in [-0.05, 0) is 49.4 Å². The molecule has 0 bridgehead atoms. The molecule has 1 amide bonds. The van der Waals surface area contributed by atoms with Crippen molar-refractivity contribution in [2.45, 2.75) is 11.8 Å². The van der Waals surface area contributed by atoms with E-state index in [0.717, 1.165) is 5.56 Å². The molecule has 0 aliphatic carbocycles. The molecule has 0 aliphatic rings. The van der Waals surface area contributed by atoms with E-state index in [2.05, 4.69) is 10.5 Å². The third-order valence-electron chi connectivity index (χ3n) is 3.98. The van der Waals surface area contributed by atoms with Gasteiger partial charge in [0, 0.05) is 11.1 Å². The third-order valence-corrected chi connectivity index (χ3v) is 5.97. The zero-order valence-electron chi connectivity index (χ0n) is 15.7. The number of hydrogen-bond donors (Lipinski definition) is 1. The first-order valence-corrected chi connectivity index (χ1v) is 10.8. The predicted molar refractivity (Wildman–Crippen MR) is 117 cm³/mol. The van der Waals surface area contributed by atoms with Crippen molar-refractivity contribution >= 4 is 45.4 Å². The van der Waals surface area contributed by atoms with Gasteiger partial charge < -0.3 is 4.18 Å². The van der Waals surface area contributed by atoms with Gasteiger partial charge in [0.25, 0.3) is 5.91 Å². The molecule has 3 aromatic rings. The fraction of sp³-hybridized carbons (Fsp3) is 0.0476. The molecule has 9 heteroatoms. The maximum absolute atomic E-state index is 12.5. The number of nitrogens with zero attached hydrogens (tertiary/aromatic N) is 1. The first-order chi connectivity index (χ1) is 14.3. The number of benzene rings is 3. The largest absolute Gasteiger partial charge is 0.378 e. The summed E-state index contributed by atoms with van der Waals surface area (Å²) >= 11 is 11.7. The molecule has 0 saturated heterocycles. The fourth-order valence-corrected chi connectivity index (χ4v) is 3.65. The van der Waals surface area contributed by atoms with Crippen molar-refractivity contribution in [2.75, 3.05) is 0 Å². The minimum Gasteiger partial charge on any atom is -0.378 e. The number of halogens is 2. The monoisotopic (exact) mass is 462 g/mol. The van der Waals surface area contributed by atoms with Gasteiger partial charge in [0.05, 0.1) is 16.3 Å². The molecule has 0 saturated carbocycles. The number of para-hydroxylation sites is 1. The summed E-state index contributed by atoms with van der Waals surface area (Å²) in [4.78, 5) is 12.2. The highest BCUT2D eigenvalue weighted by Gasteiger charge is 2.18. The molecule has 3 rings (SSSR count). The highest BCUT2D eigenvalue weighted by molar-refractivity contribution is 7.87. The molecule has 0 fully saturated rings. The maximum atomic E-state index is 12.5. The Balaban J connectivity index is 1.75. The second kappa shape index (κ2) is 9.30. The fourth-order valence-electron chi connectivity index (χ4n) is 2.40. The SMILES string of the molecule is Cc1ccc(S(=O)(=O)Oc2ccccc2/C=N\NC(=O)c2ccc(Cl)c(Cl)c2)cc1. The number of carbonyl (C=O) groups excluding carboxylic acids is 1. The summed E-state index contributed by atoms with van der Waals surface area (Å²) in [7, 11) is -4.02. The lowest BCUT2D eigenvalue weighted by atomic mass is 10.2. The van der Waals surface area contributed by atoms with Gasteiger partial charge >= 0.3 is 10.1 Å². The van der Waals surface area contributed by atoms with Gasteiger partial charge in [-0.2, -0.15) is 13.5 Å². The van der Waals surface area contributed by atoms with E-state index in [9.17, 15) is 13.2 Å². The average molecular weight is 463 g/mol. The van der Waals surface area contributed by atoms with Crippen LogP contribution >= 0.6 is 23.2 Å². The zero-order chi connectivity index (χ0) is 21.7.